The van der Waals surface area contributed by atoms with Gasteiger partial charge in [0.2, 0.25) is 11.8 Å². The number of para-hydroxylation sites is 1. The number of rotatable bonds is 2. The second-order valence-corrected chi connectivity index (χ2v) is 6.72. The van der Waals surface area contributed by atoms with E-state index in [1.54, 1.807) is 0 Å². The summed E-state index contributed by atoms with van der Waals surface area (Å²) < 4.78 is 0. The van der Waals surface area contributed by atoms with Crippen LogP contribution in [0.4, 0.5) is 0 Å². The molecule has 5 nitrogen and oxygen atoms in total. The first kappa shape index (κ1) is 14.5. The lowest BCUT2D eigenvalue weighted by Gasteiger charge is -2.42. The molecule has 3 N–H and O–H groups in total. The van der Waals surface area contributed by atoms with Crippen molar-refractivity contribution in [1.29, 1.82) is 0 Å². The summed E-state index contributed by atoms with van der Waals surface area (Å²) in [5, 5.41) is 7.13. The van der Waals surface area contributed by atoms with Crippen molar-refractivity contribution in [3.8, 4) is 0 Å². The molecule has 1 saturated carbocycles. The summed E-state index contributed by atoms with van der Waals surface area (Å²) in [5.74, 6) is -0.353. The number of carbonyl (C=O) groups is 2. The summed E-state index contributed by atoms with van der Waals surface area (Å²) in [6.45, 7) is 0. The number of carbonyl (C=O) groups excluding carboxylic acids is 2. The Kier molecular flexibility index (Phi) is 3.45. The van der Waals surface area contributed by atoms with Gasteiger partial charge < -0.3 is 4.98 Å². The molecular weight excluding hydrogens is 290 g/mol. The Bertz CT molecular complexity index is 758. The maximum atomic E-state index is 12.3. The molecule has 1 aliphatic heterocycles. The predicted octanol–water partition coefficient (Wildman–Crippen LogP) is 2.03. The van der Waals surface area contributed by atoms with Gasteiger partial charge in [-0.1, -0.05) is 37.5 Å². The Morgan fingerprint density at radius 2 is 1.87 bits per heavy atom. The molecule has 1 saturated heterocycles. The summed E-state index contributed by atoms with van der Waals surface area (Å²) in [6, 6.07) is 7.72. The minimum Gasteiger partial charge on any atom is -0.361 e. The van der Waals surface area contributed by atoms with Crippen LogP contribution in [-0.4, -0.2) is 28.4 Å². The van der Waals surface area contributed by atoms with E-state index >= 15 is 0 Å². The molecule has 2 amide bonds. The molecule has 0 bridgehead atoms. The van der Waals surface area contributed by atoms with Crippen LogP contribution in [0, 0.1) is 0 Å². The highest BCUT2D eigenvalue weighted by Gasteiger charge is 2.46. The lowest BCUT2D eigenvalue weighted by atomic mass is 9.78. The number of imide groups is 1. The minimum atomic E-state index is -0.553. The molecule has 4 rings (SSSR count). The summed E-state index contributed by atoms with van der Waals surface area (Å²) in [7, 11) is 0. The van der Waals surface area contributed by atoms with Crippen molar-refractivity contribution in [1.82, 2.24) is 15.6 Å². The number of nitrogens with one attached hydrogen (secondary N) is 3. The van der Waals surface area contributed by atoms with Gasteiger partial charge in [-0.25, -0.2) is 0 Å². The highest BCUT2D eigenvalue weighted by Crippen LogP contribution is 2.31. The molecule has 1 aromatic heterocycles. The van der Waals surface area contributed by atoms with Gasteiger partial charge in [-0.3, -0.25) is 20.2 Å². The number of hydrogen-bond donors (Lipinski definition) is 3. The molecule has 2 aliphatic rings. The number of benzene rings is 1. The zero-order chi connectivity index (χ0) is 15.9. The number of aromatic nitrogens is 1. The van der Waals surface area contributed by atoms with Gasteiger partial charge in [0.25, 0.3) is 0 Å². The maximum absolute atomic E-state index is 12.3. The summed E-state index contributed by atoms with van der Waals surface area (Å²) in [6.07, 6.45) is 7.42. The summed E-state index contributed by atoms with van der Waals surface area (Å²) >= 11 is 0. The van der Waals surface area contributed by atoms with Gasteiger partial charge in [0, 0.05) is 17.1 Å². The van der Waals surface area contributed by atoms with Crippen molar-refractivity contribution < 1.29 is 9.59 Å². The molecule has 1 atom stereocenters. The van der Waals surface area contributed by atoms with Crippen LogP contribution in [0.2, 0.25) is 0 Å². The molecule has 5 heteroatoms. The quantitative estimate of drug-likeness (QED) is 0.743. The average Bonchev–Trinajstić information content (AvgIpc) is 2.97. The maximum Gasteiger partial charge on any atom is 0.246 e. The van der Waals surface area contributed by atoms with Crippen molar-refractivity contribution in [2.75, 3.05) is 0 Å². The molecular formula is C18H21N3O2. The van der Waals surface area contributed by atoms with Crippen molar-refractivity contribution in [2.24, 2.45) is 0 Å². The van der Waals surface area contributed by atoms with E-state index in [4.69, 9.17) is 0 Å². The monoisotopic (exact) mass is 311 g/mol. The predicted molar refractivity (Wildman–Crippen MR) is 87.9 cm³/mol. The van der Waals surface area contributed by atoms with Crippen molar-refractivity contribution >= 4 is 22.7 Å². The van der Waals surface area contributed by atoms with Gasteiger partial charge in [-0.05, 0) is 30.9 Å². The van der Waals surface area contributed by atoms with Crippen LogP contribution in [0.3, 0.4) is 0 Å². The standard InChI is InChI=1S/C18H21N3O2/c22-16-15(10-12-11-19-14-7-3-2-6-13(12)14)21-18(17(23)20-16)8-4-1-5-9-18/h2-3,6-7,11,15,19,21H,1,4-5,8-10H2,(H,20,22,23). The lowest BCUT2D eigenvalue weighted by molar-refractivity contribution is -0.142. The normalized spacial score (nSPS) is 24.1. The number of amides is 2. The van der Waals surface area contributed by atoms with Gasteiger partial charge >= 0.3 is 0 Å². The van der Waals surface area contributed by atoms with Gasteiger partial charge in [-0.15, -0.1) is 0 Å². The Morgan fingerprint density at radius 1 is 1.09 bits per heavy atom. The molecule has 1 spiro atoms. The molecule has 2 aromatic rings. The zero-order valence-electron chi connectivity index (χ0n) is 13.0. The fraction of sp³-hybridized carbons (Fsp3) is 0.444. The van der Waals surface area contributed by atoms with E-state index in [9.17, 15) is 9.59 Å². The smallest absolute Gasteiger partial charge is 0.246 e. The molecule has 0 radical (unpaired) electrons. The molecule has 2 fully saturated rings. The van der Waals surface area contributed by atoms with Gasteiger partial charge in [0.05, 0.1) is 11.6 Å². The van der Waals surface area contributed by atoms with Crippen LogP contribution in [0.1, 0.15) is 37.7 Å². The van der Waals surface area contributed by atoms with Crippen molar-refractivity contribution in [3.05, 3.63) is 36.0 Å². The average molecular weight is 311 g/mol. The van der Waals surface area contributed by atoms with Crippen LogP contribution < -0.4 is 10.6 Å². The van der Waals surface area contributed by atoms with E-state index in [0.29, 0.717) is 6.42 Å². The highest BCUT2D eigenvalue weighted by molar-refractivity contribution is 6.05. The summed E-state index contributed by atoms with van der Waals surface area (Å²) in [5.41, 5.74) is 1.62. The third-order valence-corrected chi connectivity index (χ3v) is 5.24. The molecule has 23 heavy (non-hydrogen) atoms. The number of aromatic amines is 1. The number of H-pyrrole nitrogens is 1. The van der Waals surface area contributed by atoms with Crippen molar-refractivity contribution in [3.63, 3.8) is 0 Å². The Hall–Kier alpha value is -2.14. The second kappa shape index (κ2) is 5.49. The Morgan fingerprint density at radius 3 is 2.70 bits per heavy atom. The van der Waals surface area contributed by atoms with E-state index < -0.39 is 5.54 Å². The van der Waals surface area contributed by atoms with Crippen LogP contribution in [0.5, 0.6) is 0 Å². The first-order valence-electron chi connectivity index (χ1n) is 8.36. The van der Waals surface area contributed by atoms with Crippen molar-refractivity contribution in [2.45, 2.75) is 50.1 Å². The van der Waals surface area contributed by atoms with Crippen LogP contribution in [0.15, 0.2) is 30.5 Å². The molecule has 2 heterocycles. The third-order valence-electron chi connectivity index (χ3n) is 5.24. The van der Waals surface area contributed by atoms with Gasteiger partial charge in [0.15, 0.2) is 0 Å². The summed E-state index contributed by atoms with van der Waals surface area (Å²) in [4.78, 5) is 27.9. The highest BCUT2D eigenvalue weighted by atomic mass is 16.2. The van der Waals surface area contributed by atoms with Gasteiger partial charge in [0.1, 0.15) is 0 Å². The van der Waals surface area contributed by atoms with E-state index in [1.165, 1.54) is 0 Å². The fourth-order valence-electron chi connectivity index (χ4n) is 3.97. The molecule has 1 aliphatic carbocycles. The fourth-order valence-corrected chi connectivity index (χ4v) is 3.97. The lowest BCUT2D eigenvalue weighted by Crippen LogP contribution is -2.70. The van der Waals surface area contributed by atoms with E-state index in [2.05, 4.69) is 21.7 Å². The molecule has 120 valence electrons. The number of hydrogen-bond acceptors (Lipinski definition) is 3. The SMILES string of the molecule is O=C1NC(=O)C2(CCCCC2)NC1Cc1c[nH]c2ccccc12. The van der Waals surface area contributed by atoms with E-state index in [-0.39, 0.29) is 17.9 Å². The second-order valence-electron chi connectivity index (χ2n) is 6.72. The van der Waals surface area contributed by atoms with Gasteiger partial charge in [-0.2, -0.15) is 0 Å². The van der Waals surface area contributed by atoms with Crippen LogP contribution in [-0.2, 0) is 16.0 Å². The van der Waals surface area contributed by atoms with Crippen LogP contribution >= 0.6 is 0 Å². The van der Waals surface area contributed by atoms with E-state index in [0.717, 1.165) is 48.6 Å². The van der Waals surface area contributed by atoms with Crippen LogP contribution in [0.25, 0.3) is 10.9 Å². The largest absolute Gasteiger partial charge is 0.361 e. The first-order valence-corrected chi connectivity index (χ1v) is 8.36. The topological polar surface area (TPSA) is 74.0 Å². The minimum absolute atomic E-state index is 0.141. The van der Waals surface area contributed by atoms with E-state index in [1.807, 2.05) is 24.4 Å². The Labute approximate surface area is 134 Å². The third kappa shape index (κ3) is 2.45. The first-order chi connectivity index (χ1) is 11.2. The number of fused-ring (bicyclic) bond motifs is 1. The zero-order valence-corrected chi connectivity index (χ0v) is 13.0. The molecule has 1 unspecified atom stereocenters. The Balaban J connectivity index is 1.60. The number of piperazine rings is 1. The molecule has 1 aromatic carbocycles.